The normalized spacial score (nSPS) is 11.8. The Morgan fingerprint density at radius 3 is 2.56 bits per heavy atom. The number of alkyl halides is 3. The summed E-state index contributed by atoms with van der Waals surface area (Å²) in [6.45, 7) is 0. The summed E-state index contributed by atoms with van der Waals surface area (Å²) in [6.07, 6.45) is -0.975. The second kappa shape index (κ2) is 3.62. The summed E-state index contributed by atoms with van der Waals surface area (Å²) in [5, 5.41) is 0. The summed E-state index contributed by atoms with van der Waals surface area (Å²) >= 11 is 0. The van der Waals surface area contributed by atoms with Gasteiger partial charge in [0.15, 0.2) is 6.33 Å². The number of aromatic amines is 1. The van der Waals surface area contributed by atoms with E-state index in [-0.39, 0.29) is 11.3 Å². The molecule has 0 saturated carbocycles. The Morgan fingerprint density at radius 1 is 1.25 bits per heavy atom. The molecule has 0 atom stereocenters. The molecule has 0 aliphatic heterocycles. The van der Waals surface area contributed by atoms with Gasteiger partial charge in [0, 0.05) is 11.8 Å². The van der Waals surface area contributed by atoms with Gasteiger partial charge in [0.05, 0.1) is 11.3 Å². The highest BCUT2D eigenvalue weighted by molar-refractivity contribution is 5.59. The molecule has 0 bridgehead atoms. The Labute approximate surface area is 87.9 Å². The Hall–Kier alpha value is -1.85. The maximum absolute atomic E-state index is 13.0. The van der Waals surface area contributed by atoms with Gasteiger partial charge in [0.2, 0.25) is 0 Å². The molecule has 1 aromatic carbocycles. The Kier molecular flexibility index (Phi) is 2.41. The fraction of sp³-hybridized carbons (Fsp3) is 0.100. The van der Waals surface area contributed by atoms with Crippen LogP contribution in [0.15, 0.2) is 24.4 Å². The number of halogens is 4. The van der Waals surface area contributed by atoms with Gasteiger partial charge < -0.3 is 4.98 Å². The first-order valence-corrected chi connectivity index (χ1v) is 4.27. The predicted molar refractivity (Wildman–Crippen MR) is 47.8 cm³/mol. The summed E-state index contributed by atoms with van der Waals surface area (Å²) in [6, 6.07) is 2.72. The van der Waals surface area contributed by atoms with Crippen LogP contribution in [0.4, 0.5) is 17.6 Å². The van der Waals surface area contributed by atoms with Crippen LogP contribution in [0, 0.1) is 12.1 Å². The van der Waals surface area contributed by atoms with Crippen LogP contribution in [0.5, 0.6) is 0 Å². The number of imidazole rings is 1. The minimum atomic E-state index is -4.71. The highest BCUT2D eigenvalue weighted by atomic mass is 19.4. The van der Waals surface area contributed by atoms with E-state index < -0.39 is 17.6 Å². The average Bonchev–Trinajstić information content (AvgIpc) is 2.69. The first-order valence-electron chi connectivity index (χ1n) is 4.27. The number of nitrogens with zero attached hydrogens (tertiary/aromatic N) is 1. The van der Waals surface area contributed by atoms with Crippen molar-refractivity contribution in [2.75, 3.05) is 0 Å². The number of benzene rings is 1. The van der Waals surface area contributed by atoms with E-state index in [4.69, 9.17) is 0 Å². The number of hydrogen-bond donors (Lipinski definition) is 1. The van der Waals surface area contributed by atoms with Gasteiger partial charge in [-0.1, -0.05) is 0 Å². The number of nitrogens with one attached hydrogen (secondary N) is 1. The smallest absolute Gasteiger partial charge is 0.341 e. The predicted octanol–water partition coefficient (Wildman–Crippen LogP) is 3.03. The molecule has 1 heterocycles. The van der Waals surface area contributed by atoms with E-state index in [1.54, 1.807) is 0 Å². The van der Waals surface area contributed by atoms with Crippen molar-refractivity contribution in [2.24, 2.45) is 0 Å². The van der Waals surface area contributed by atoms with Crippen molar-refractivity contribution in [1.29, 1.82) is 0 Å². The van der Waals surface area contributed by atoms with Crippen LogP contribution in [-0.2, 0) is 6.18 Å². The second-order valence-electron chi connectivity index (χ2n) is 3.09. The van der Waals surface area contributed by atoms with E-state index in [9.17, 15) is 17.6 Å². The summed E-state index contributed by atoms with van der Waals surface area (Å²) in [5.74, 6) is -1.30. The summed E-state index contributed by atoms with van der Waals surface area (Å²) in [7, 11) is 0. The van der Waals surface area contributed by atoms with Crippen molar-refractivity contribution in [1.82, 2.24) is 9.97 Å². The molecule has 0 amide bonds. The number of H-pyrrole nitrogens is 1. The third-order valence-corrected chi connectivity index (χ3v) is 2.02. The van der Waals surface area contributed by atoms with Gasteiger partial charge in [-0.05, 0) is 18.2 Å². The third kappa shape index (κ3) is 1.91. The van der Waals surface area contributed by atoms with Crippen molar-refractivity contribution in [2.45, 2.75) is 6.18 Å². The molecule has 16 heavy (non-hydrogen) atoms. The lowest BCUT2D eigenvalue weighted by atomic mass is 10.1. The summed E-state index contributed by atoms with van der Waals surface area (Å²) in [5.41, 5.74) is -0.829. The Bertz CT molecular complexity index is 488. The van der Waals surface area contributed by atoms with E-state index in [1.807, 2.05) is 0 Å². The lowest BCUT2D eigenvalue weighted by Crippen LogP contribution is -2.08. The van der Waals surface area contributed by atoms with Crippen LogP contribution in [0.2, 0.25) is 0 Å². The molecule has 0 fully saturated rings. The molecule has 0 aliphatic rings. The fourth-order valence-electron chi connectivity index (χ4n) is 1.28. The maximum atomic E-state index is 13.0. The highest BCUT2D eigenvalue weighted by Gasteiger charge is 2.34. The quantitative estimate of drug-likeness (QED) is 0.748. The third-order valence-electron chi connectivity index (χ3n) is 2.02. The molecule has 2 nitrogen and oxygen atoms in total. The SMILES string of the molecule is Fc1ccc(-c2c[nH][c]n2)cc1C(F)(F)F. The fourth-order valence-corrected chi connectivity index (χ4v) is 1.28. The zero-order valence-electron chi connectivity index (χ0n) is 7.77. The standard InChI is InChI=1S/C10H5F4N2/c11-8-2-1-6(9-4-15-5-16-9)3-7(8)10(12,13)14/h1-4H,(H,15,16). The first-order chi connectivity index (χ1) is 7.48. The molecule has 1 aromatic heterocycles. The molecule has 0 spiro atoms. The summed E-state index contributed by atoms with van der Waals surface area (Å²) < 4.78 is 50.1. The second-order valence-corrected chi connectivity index (χ2v) is 3.09. The summed E-state index contributed by atoms with van der Waals surface area (Å²) in [4.78, 5) is 6.16. The molecule has 1 radical (unpaired) electrons. The van der Waals surface area contributed by atoms with Gasteiger partial charge >= 0.3 is 6.18 Å². The minimum absolute atomic E-state index is 0.186. The first kappa shape index (κ1) is 10.7. The maximum Gasteiger partial charge on any atom is 0.419 e. The molecule has 0 aliphatic carbocycles. The molecule has 1 N–H and O–H groups in total. The van der Waals surface area contributed by atoms with Crippen LogP contribution < -0.4 is 0 Å². The lowest BCUT2D eigenvalue weighted by Gasteiger charge is -2.08. The van der Waals surface area contributed by atoms with Crippen LogP contribution in [0.3, 0.4) is 0 Å². The van der Waals surface area contributed by atoms with Crippen molar-refractivity contribution in [3.8, 4) is 11.3 Å². The van der Waals surface area contributed by atoms with Crippen molar-refractivity contribution >= 4 is 0 Å². The molecule has 2 rings (SSSR count). The average molecular weight is 229 g/mol. The molecule has 6 heteroatoms. The molecule has 0 unspecified atom stereocenters. The Morgan fingerprint density at radius 2 is 2.00 bits per heavy atom. The van der Waals surface area contributed by atoms with Gasteiger partial charge in [-0.3, -0.25) is 0 Å². The Balaban J connectivity index is 2.52. The number of aromatic nitrogens is 2. The van der Waals surface area contributed by atoms with Crippen molar-refractivity contribution < 1.29 is 17.6 Å². The molecule has 0 saturated heterocycles. The highest BCUT2D eigenvalue weighted by Crippen LogP contribution is 2.33. The van der Waals surface area contributed by atoms with Crippen molar-refractivity contribution in [3.05, 3.63) is 42.1 Å². The van der Waals surface area contributed by atoms with E-state index in [0.29, 0.717) is 0 Å². The topological polar surface area (TPSA) is 28.7 Å². The van der Waals surface area contributed by atoms with E-state index in [1.165, 1.54) is 12.3 Å². The van der Waals surface area contributed by atoms with Crippen molar-refractivity contribution in [3.63, 3.8) is 0 Å². The molecular weight excluding hydrogens is 224 g/mol. The monoisotopic (exact) mass is 229 g/mol. The number of hydrogen-bond acceptors (Lipinski definition) is 1. The molecule has 2 aromatic rings. The van der Waals surface area contributed by atoms with Crippen LogP contribution in [0.1, 0.15) is 5.56 Å². The van der Waals surface area contributed by atoms with Gasteiger partial charge in [0.25, 0.3) is 0 Å². The zero-order chi connectivity index (χ0) is 11.8. The van der Waals surface area contributed by atoms with E-state index in [0.717, 1.165) is 12.1 Å². The minimum Gasteiger partial charge on any atom is -0.341 e. The number of rotatable bonds is 1. The van der Waals surface area contributed by atoms with Gasteiger partial charge in [-0.25, -0.2) is 9.37 Å². The van der Waals surface area contributed by atoms with Gasteiger partial charge in [-0.2, -0.15) is 13.2 Å². The molecule has 83 valence electrons. The molecular formula is C10H5F4N2. The van der Waals surface area contributed by atoms with E-state index >= 15 is 0 Å². The van der Waals surface area contributed by atoms with Gasteiger partial charge in [0.1, 0.15) is 5.82 Å². The van der Waals surface area contributed by atoms with Crippen LogP contribution in [-0.4, -0.2) is 9.97 Å². The van der Waals surface area contributed by atoms with Crippen LogP contribution >= 0.6 is 0 Å². The lowest BCUT2D eigenvalue weighted by molar-refractivity contribution is -0.139. The largest absolute Gasteiger partial charge is 0.419 e. The van der Waals surface area contributed by atoms with Crippen LogP contribution in [0.25, 0.3) is 11.3 Å². The van der Waals surface area contributed by atoms with E-state index in [2.05, 4.69) is 16.3 Å². The van der Waals surface area contributed by atoms with Gasteiger partial charge in [-0.15, -0.1) is 0 Å². The zero-order valence-corrected chi connectivity index (χ0v) is 7.77.